The molecule has 0 unspecified atom stereocenters. The first-order chi connectivity index (χ1) is 9.97. The van der Waals surface area contributed by atoms with Gasteiger partial charge in [0.15, 0.2) is 0 Å². The summed E-state index contributed by atoms with van der Waals surface area (Å²) < 4.78 is 0. The Bertz CT molecular complexity index is 588. The van der Waals surface area contributed by atoms with Crippen molar-refractivity contribution < 1.29 is 5.11 Å². The normalized spacial score (nSPS) is 14.5. The molecule has 0 aliphatic heterocycles. The number of hydrogen-bond donors (Lipinski definition) is 1. The molecular formula is C17H21Cl2NO. The van der Waals surface area contributed by atoms with Crippen molar-refractivity contribution in [2.45, 2.75) is 31.1 Å². The number of rotatable bonds is 6. The first-order valence-electron chi connectivity index (χ1n) is 7.17. The van der Waals surface area contributed by atoms with Crippen LogP contribution < -0.4 is 0 Å². The maximum absolute atomic E-state index is 10.5. The highest BCUT2D eigenvalue weighted by Crippen LogP contribution is 2.29. The van der Waals surface area contributed by atoms with Crippen LogP contribution in [0.5, 0.6) is 5.75 Å². The zero-order chi connectivity index (χ0) is 15.4. The third kappa shape index (κ3) is 4.50. The number of nitrogens with zero attached hydrogens (tertiary/aromatic N) is 1. The summed E-state index contributed by atoms with van der Waals surface area (Å²) in [5.74, 6) is 0.350. The first-order valence-corrected chi connectivity index (χ1v) is 8.04. The third-order valence-electron chi connectivity index (χ3n) is 3.40. The lowest BCUT2D eigenvalue weighted by Crippen LogP contribution is -2.33. The van der Waals surface area contributed by atoms with Crippen LogP contribution in [0, 0.1) is 0 Å². The molecule has 2 aromatic rings. The summed E-state index contributed by atoms with van der Waals surface area (Å²) in [6.07, 6.45) is 0. The molecular weight excluding hydrogens is 305 g/mol. The second-order valence-corrected chi connectivity index (χ2v) is 7.04. The Morgan fingerprint density at radius 3 is 2.24 bits per heavy atom. The minimum absolute atomic E-state index is 0.0445. The molecule has 0 heterocycles. The van der Waals surface area contributed by atoms with Crippen LogP contribution in [0.4, 0.5) is 0 Å². The van der Waals surface area contributed by atoms with Gasteiger partial charge in [-0.25, -0.2) is 0 Å². The Kier molecular flexibility index (Phi) is 5.74. The fourth-order valence-electron chi connectivity index (χ4n) is 2.58. The highest BCUT2D eigenvalue weighted by molar-refractivity contribution is 6.21. The number of aromatic hydroxyl groups is 1. The smallest absolute Gasteiger partial charge is 0.127 e. The number of halogens is 2. The molecule has 0 aliphatic rings. The lowest BCUT2D eigenvalue weighted by Gasteiger charge is -2.25. The molecule has 4 heteroatoms. The van der Waals surface area contributed by atoms with Gasteiger partial charge in [0, 0.05) is 41.3 Å². The van der Waals surface area contributed by atoms with Crippen LogP contribution in [-0.4, -0.2) is 33.9 Å². The van der Waals surface area contributed by atoms with Crippen LogP contribution in [0.1, 0.15) is 19.4 Å². The van der Waals surface area contributed by atoms with Gasteiger partial charge in [0.25, 0.3) is 0 Å². The molecule has 2 aromatic carbocycles. The summed E-state index contributed by atoms with van der Waals surface area (Å²) in [7, 11) is 0. The zero-order valence-electron chi connectivity index (χ0n) is 12.4. The van der Waals surface area contributed by atoms with Gasteiger partial charge in [-0.3, -0.25) is 4.90 Å². The van der Waals surface area contributed by atoms with Gasteiger partial charge in [0.05, 0.1) is 0 Å². The van der Waals surface area contributed by atoms with Crippen molar-refractivity contribution in [3.05, 3.63) is 42.0 Å². The van der Waals surface area contributed by atoms with Crippen LogP contribution in [0.15, 0.2) is 36.4 Å². The predicted molar refractivity (Wildman–Crippen MR) is 91.5 cm³/mol. The largest absolute Gasteiger partial charge is 0.507 e. The lowest BCUT2D eigenvalue weighted by molar-refractivity contribution is 0.267. The molecule has 1 N–H and O–H groups in total. The molecule has 21 heavy (non-hydrogen) atoms. The SMILES string of the molecule is C[C@H](Cl)CN(Cc1ccc2ccccc2c1O)C[C@@H](C)Cl. The second-order valence-electron chi connectivity index (χ2n) is 5.55. The number of phenols is 1. The average Bonchev–Trinajstić information content (AvgIpc) is 2.41. The van der Waals surface area contributed by atoms with E-state index in [9.17, 15) is 5.11 Å². The van der Waals surface area contributed by atoms with Gasteiger partial charge < -0.3 is 5.11 Å². The van der Waals surface area contributed by atoms with Crippen molar-refractivity contribution >= 4 is 34.0 Å². The molecule has 0 saturated carbocycles. The van der Waals surface area contributed by atoms with E-state index in [1.54, 1.807) is 0 Å². The molecule has 114 valence electrons. The van der Waals surface area contributed by atoms with E-state index in [1.807, 2.05) is 50.2 Å². The van der Waals surface area contributed by atoms with E-state index in [2.05, 4.69) is 4.90 Å². The standard InChI is InChI=1S/C17H21Cl2NO/c1-12(18)9-20(10-13(2)19)11-15-8-7-14-5-3-4-6-16(14)17(15)21/h3-8,12-13,21H,9-11H2,1-2H3/t12-,13+. The van der Waals surface area contributed by atoms with Crippen molar-refractivity contribution in [3.63, 3.8) is 0 Å². The maximum Gasteiger partial charge on any atom is 0.127 e. The molecule has 0 radical (unpaired) electrons. The van der Waals surface area contributed by atoms with Crippen molar-refractivity contribution in [3.8, 4) is 5.75 Å². The Hall–Kier alpha value is -0.960. The van der Waals surface area contributed by atoms with Crippen molar-refractivity contribution in [2.75, 3.05) is 13.1 Å². The quantitative estimate of drug-likeness (QED) is 0.784. The monoisotopic (exact) mass is 325 g/mol. The Balaban J connectivity index is 2.25. The predicted octanol–water partition coefficient (Wildman–Crippen LogP) is 4.60. The summed E-state index contributed by atoms with van der Waals surface area (Å²) in [5, 5.41) is 12.5. The number of alkyl halides is 2. The molecule has 2 atom stereocenters. The molecule has 0 aromatic heterocycles. The Labute approximate surface area is 136 Å². The number of benzene rings is 2. The summed E-state index contributed by atoms with van der Waals surface area (Å²) in [6.45, 7) is 6.06. The molecule has 2 rings (SSSR count). The molecule has 0 bridgehead atoms. The van der Waals surface area contributed by atoms with Crippen molar-refractivity contribution in [1.82, 2.24) is 4.90 Å². The summed E-state index contributed by atoms with van der Waals surface area (Å²) in [6, 6.07) is 11.9. The summed E-state index contributed by atoms with van der Waals surface area (Å²) in [4.78, 5) is 2.18. The molecule has 2 nitrogen and oxygen atoms in total. The molecule has 0 aliphatic carbocycles. The van der Waals surface area contributed by atoms with Gasteiger partial charge in [0.1, 0.15) is 5.75 Å². The second kappa shape index (κ2) is 7.35. The van der Waals surface area contributed by atoms with Crippen LogP contribution in [0.3, 0.4) is 0 Å². The van der Waals surface area contributed by atoms with Crippen molar-refractivity contribution in [2.24, 2.45) is 0 Å². The van der Waals surface area contributed by atoms with Gasteiger partial charge in [-0.1, -0.05) is 36.4 Å². The topological polar surface area (TPSA) is 23.5 Å². The molecule has 0 amide bonds. The Morgan fingerprint density at radius 1 is 1.00 bits per heavy atom. The van der Waals surface area contributed by atoms with E-state index in [0.29, 0.717) is 12.3 Å². The summed E-state index contributed by atoms with van der Waals surface area (Å²) in [5.41, 5.74) is 0.906. The van der Waals surface area contributed by atoms with Crippen LogP contribution in [0.2, 0.25) is 0 Å². The molecule has 0 fully saturated rings. The fraction of sp³-hybridized carbons (Fsp3) is 0.412. The van der Waals surface area contributed by atoms with Gasteiger partial charge in [-0.15, -0.1) is 23.2 Å². The molecule has 0 spiro atoms. The van der Waals surface area contributed by atoms with E-state index in [-0.39, 0.29) is 10.8 Å². The van der Waals surface area contributed by atoms with Crippen molar-refractivity contribution in [1.29, 1.82) is 0 Å². The van der Waals surface area contributed by atoms with E-state index in [0.717, 1.165) is 29.4 Å². The fourth-order valence-corrected chi connectivity index (χ4v) is 2.97. The van der Waals surface area contributed by atoms with Gasteiger partial charge in [-0.2, -0.15) is 0 Å². The lowest BCUT2D eigenvalue weighted by atomic mass is 10.0. The van der Waals surface area contributed by atoms with Crippen LogP contribution >= 0.6 is 23.2 Å². The Morgan fingerprint density at radius 2 is 1.62 bits per heavy atom. The maximum atomic E-state index is 10.5. The van der Waals surface area contributed by atoms with Crippen LogP contribution in [0.25, 0.3) is 10.8 Å². The number of hydrogen-bond acceptors (Lipinski definition) is 2. The minimum Gasteiger partial charge on any atom is -0.507 e. The van der Waals surface area contributed by atoms with E-state index in [1.165, 1.54) is 0 Å². The minimum atomic E-state index is 0.0445. The van der Waals surface area contributed by atoms with E-state index in [4.69, 9.17) is 23.2 Å². The highest BCUT2D eigenvalue weighted by Gasteiger charge is 2.15. The van der Waals surface area contributed by atoms with Crippen LogP contribution in [-0.2, 0) is 6.54 Å². The van der Waals surface area contributed by atoms with Gasteiger partial charge in [0.2, 0.25) is 0 Å². The third-order valence-corrected chi connectivity index (χ3v) is 3.67. The van der Waals surface area contributed by atoms with Gasteiger partial charge in [-0.05, 0) is 19.2 Å². The first kappa shape index (κ1) is 16.4. The highest BCUT2D eigenvalue weighted by atomic mass is 35.5. The molecule has 0 saturated heterocycles. The van der Waals surface area contributed by atoms with E-state index < -0.39 is 0 Å². The number of fused-ring (bicyclic) bond motifs is 1. The number of phenolic OH excluding ortho intramolecular Hbond substituents is 1. The zero-order valence-corrected chi connectivity index (χ0v) is 13.9. The average molecular weight is 326 g/mol. The summed E-state index contributed by atoms with van der Waals surface area (Å²) >= 11 is 12.2. The van der Waals surface area contributed by atoms with Gasteiger partial charge >= 0.3 is 0 Å². The van der Waals surface area contributed by atoms with E-state index >= 15 is 0 Å².